The molecule has 0 aliphatic carbocycles. The van der Waals surface area contributed by atoms with Gasteiger partial charge in [0.2, 0.25) is 5.91 Å². The highest BCUT2D eigenvalue weighted by Crippen LogP contribution is 2.27. The van der Waals surface area contributed by atoms with Crippen LogP contribution in [0.4, 0.5) is 0 Å². The Morgan fingerprint density at radius 1 is 1.47 bits per heavy atom. The summed E-state index contributed by atoms with van der Waals surface area (Å²) in [6.07, 6.45) is 1.88. The lowest BCUT2D eigenvalue weighted by molar-refractivity contribution is -0.139. The van der Waals surface area contributed by atoms with Gasteiger partial charge in [-0.05, 0) is 29.3 Å². The molecule has 1 saturated heterocycles. The molecular formula is C15H22N2OS. The van der Waals surface area contributed by atoms with Gasteiger partial charge in [0, 0.05) is 43.5 Å². The Morgan fingerprint density at radius 2 is 2.26 bits per heavy atom. The third-order valence-electron chi connectivity index (χ3n) is 4.15. The predicted octanol–water partition coefficient (Wildman–Crippen LogP) is 2.36. The summed E-state index contributed by atoms with van der Waals surface area (Å²) in [6.45, 7) is 8.33. The SMILES string of the molecule is CC(C)CC(=O)N1CC(N2CCc3sccc3C2)C1. The van der Waals surface area contributed by atoms with E-state index in [1.165, 1.54) is 12.0 Å². The summed E-state index contributed by atoms with van der Waals surface area (Å²) in [7, 11) is 0. The number of fused-ring (bicyclic) bond motifs is 1. The zero-order chi connectivity index (χ0) is 13.4. The molecule has 1 aromatic rings. The Hall–Kier alpha value is -0.870. The van der Waals surface area contributed by atoms with E-state index in [1.807, 2.05) is 16.2 Å². The van der Waals surface area contributed by atoms with Gasteiger partial charge < -0.3 is 4.90 Å². The number of nitrogens with zero attached hydrogens (tertiary/aromatic N) is 2. The molecule has 104 valence electrons. The smallest absolute Gasteiger partial charge is 0.222 e. The summed E-state index contributed by atoms with van der Waals surface area (Å²) in [5, 5.41) is 2.20. The standard InChI is InChI=1S/C15H22N2OS/c1-11(2)7-15(18)17-9-13(10-17)16-5-3-14-12(8-16)4-6-19-14/h4,6,11,13H,3,5,7-10H2,1-2H3. The molecule has 3 nitrogen and oxygen atoms in total. The highest BCUT2D eigenvalue weighted by atomic mass is 32.1. The van der Waals surface area contributed by atoms with Crippen molar-refractivity contribution in [1.82, 2.24) is 9.80 Å². The Balaban J connectivity index is 1.51. The zero-order valence-electron chi connectivity index (χ0n) is 11.8. The number of rotatable bonds is 3. The Morgan fingerprint density at radius 3 is 3.00 bits per heavy atom. The van der Waals surface area contributed by atoms with Crippen molar-refractivity contribution in [2.24, 2.45) is 5.92 Å². The first-order valence-electron chi connectivity index (χ1n) is 7.20. The zero-order valence-corrected chi connectivity index (χ0v) is 12.6. The van der Waals surface area contributed by atoms with Crippen molar-refractivity contribution < 1.29 is 4.79 Å². The average Bonchev–Trinajstić information content (AvgIpc) is 2.73. The topological polar surface area (TPSA) is 23.6 Å². The van der Waals surface area contributed by atoms with E-state index in [9.17, 15) is 4.79 Å². The predicted molar refractivity (Wildman–Crippen MR) is 78.3 cm³/mol. The van der Waals surface area contributed by atoms with E-state index < -0.39 is 0 Å². The molecule has 0 N–H and O–H groups in total. The minimum Gasteiger partial charge on any atom is -0.339 e. The second kappa shape index (κ2) is 5.25. The van der Waals surface area contributed by atoms with Gasteiger partial charge in [0.25, 0.3) is 0 Å². The van der Waals surface area contributed by atoms with Crippen molar-refractivity contribution >= 4 is 17.2 Å². The molecule has 0 atom stereocenters. The van der Waals surface area contributed by atoms with Crippen molar-refractivity contribution in [3.05, 3.63) is 21.9 Å². The van der Waals surface area contributed by atoms with Crippen LogP contribution in [0.5, 0.6) is 0 Å². The number of thiophene rings is 1. The number of carbonyl (C=O) groups excluding carboxylic acids is 1. The molecule has 1 fully saturated rings. The van der Waals surface area contributed by atoms with Crippen molar-refractivity contribution in [2.45, 2.75) is 39.3 Å². The van der Waals surface area contributed by atoms with Crippen LogP contribution >= 0.6 is 11.3 Å². The van der Waals surface area contributed by atoms with E-state index in [2.05, 4.69) is 30.2 Å². The van der Waals surface area contributed by atoms with E-state index >= 15 is 0 Å². The fraction of sp³-hybridized carbons (Fsp3) is 0.667. The molecule has 19 heavy (non-hydrogen) atoms. The normalized spacial score (nSPS) is 20.5. The molecule has 1 aromatic heterocycles. The number of carbonyl (C=O) groups is 1. The molecule has 0 unspecified atom stereocenters. The molecular weight excluding hydrogens is 256 g/mol. The molecule has 3 rings (SSSR count). The second-order valence-corrected chi connectivity index (χ2v) is 7.14. The van der Waals surface area contributed by atoms with Crippen molar-refractivity contribution in [1.29, 1.82) is 0 Å². The van der Waals surface area contributed by atoms with Crippen LogP contribution in [0.3, 0.4) is 0 Å². The van der Waals surface area contributed by atoms with Crippen LogP contribution in [0.25, 0.3) is 0 Å². The summed E-state index contributed by atoms with van der Waals surface area (Å²) in [5.74, 6) is 0.800. The van der Waals surface area contributed by atoms with Gasteiger partial charge in [-0.15, -0.1) is 11.3 Å². The van der Waals surface area contributed by atoms with E-state index in [0.717, 1.165) is 26.2 Å². The Kier molecular flexibility index (Phi) is 3.63. The van der Waals surface area contributed by atoms with Gasteiger partial charge in [0.1, 0.15) is 0 Å². The molecule has 2 aliphatic heterocycles. The van der Waals surface area contributed by atoms with Crippen molar-refractivity contribution in [3.8, 4) is 0 Å². The quantitative estimate of drug-likeness (QED) is 0.847. The maximum atomic E-state index is 11.9. The first-order valence-corrected chi connectivity index (χ1v) is 8.08. The van der Waals surface area contributed by atoms with Crippen molar-refractivity contribution in [3.63, 3.8) is 0 Å². The molecule has 0 spiro atoms. The Labute approximate surface area is 119 Å². The largest absolute Gasteiger partial charge is 0.339 e. The van der Waals surface area contributed by atoms with Gasteiger partial charge in [-0.2, -0.15) is 0 Å². The average molecular weight is 278 g/mol. The van der Waals surface area contributed by atoms with Gasteiger partial charge in [-0.25, -0.2) is 0 Å². The molecule has 3 heterocycles. The first-order chi connectivity index (χ1) is 9.13. The van der Waals surface area contributed by atoms with Crippen molar-refractivity contribution in [2.75, 3.05) is 19.6 Å². The molecule has 0 saturated carbocycles. The summed E-state index contributed by atoms with van der Waals surface area (Å²) in [5.41, 5.74) is 1.50. The molecule has 1 amide bonds. The molecule has 4 heteroatoms. The summed E-state index contributed by atoms with van der Waals surface area (Å²) < 4.78 is 0. The van der Waals surface area contributed by atoms with E-state index in [1.54, 1.807) is 4.88 Å². The Bertz CT molecular complexity index is 462. The molecule has 0 radical (unpaired) electrons. The van der Waals surface area contributed by atoms with E-state index in [0.29, 0.717) is 24.3 Å². The minimum atomic E-state index is 0.333. The lowest BCUT2D eigenvalue weighted by Crippen LogP contribution is -2.61. The maximum absolute atomic E-state index is 11.9. The van der Waals surface area contributed by atoms with Crippen LogP contribution in [0, 0.1) is 5.92 Å². The lowest BCUT2D eigenvalue weighted by Gasteiger charge is -2.46. The summed E-state index contributed by atoms with van der Waals surface area (Å²) >= 11 is 1.89. The number of amides is 1. The summed E-state index contributed by atoms with van der Waals surface area (Å²) in [4.78, 5) is 18.1. The van der Waals surface area contributed by atoms with Gasteiger partial charge in [0.15, 0.2) is 0 Å². The van der Waals surface area contributed by atoms with Gasteiger partial charge >= 0.3 is 0 Å². The van der Waals surface area contributed by atoms with Gasteiger partial charge in [-0.3, -0.25) is 9.69 Å². The highest BCUT2D eigenvalue weighted by molar-refractivity contribution is 7.10. The van der Waals surface area contributed by atoms with Crippen LogP contribution in [0.1, 0.15) is 30.7 Å². The number of likely N-dealkylation sites (tertiary alicyclic amines) is 1. The fourth-order valence-electron chi connectivity index (χ4n) is 2.95. The third-order valence-corrected chi connectivity index (χ3v) is 5.17. The lowest BCUT2D eigenvalue weighted by atomic mass is 10.0. The maximum Gasteiger partial charge on any atom is 0.222 e. The first kappa shape index (κ1) is 13.1. The summed E-state index contributed by atoms with van der Waals surface area (Å²) in [6, 6.07) is 2.84. The third kappa shape index (κ3) is 2.70. The van der Waals surface area contributed by atoms with Crippen LogP contribution in [-0.4, -0.2) is 41.4 Å². The fourth-order valence-corrected chi connectivity index (χ4v) is 3.84. The second-order valence-electron chi connectivity index (χ2n) is 6.14. The van der Waals surface area contributed by atoms with E-state index in [-0.39, 0.29) is 0 Å². The molecule has 0 bridgehead atoms. The van der Waals surface area contributed by atoms with Crippen LogP contribution < -0.4 is 0 Å². The monoisotopic (exact) mass is 278 g/mol. The van der Waals surface area contributed by atoms with Gasteiger partial charge in [-0.1, -0.05) is 13.8 Å². The molecule has 0 aromatic carbocycles. The molecule has 2 aliphatic rings. The van der Waals surface area contributed by atoms with Crippen LogP contribution in [-0.2, 0) is 17.8 Å². The highest BCUT2D eigenvalue weighted by Gasteiger charge is 2.35. The minimum absolute atomic E-state index is 0.333. The van der Waals surface area contributed by atoms with Crippen LogP contribution in [0.15, 0.2) is 11.4 Å². The van der Waals surface area contributed by atoms with Gasteiger partial charge in [0.05, 0.1) is 0 Å². The van der Waals surface area contributed by atoms with E-state index in [4.69, 9.17) is 0 Å². The van der Waals surface area contributed by atoms with Crippen LogP contribution in [0.2, 0.25) is 0 Å². The number of hydrogen-bond donors (Lipinski definition) is 0. The number of hydrogen-bond acceptors (Lipinski definition) is 3.